The summed E-state index contributed by atoms with van der Waals surface area (Å²) in [5.74, 6) is 0. The fraction of sp³-hybridized carbons (Fsp3) is 0.333. The van der Waals surface area contributed by atoms with Gasteiger partial charge in [0.2, 0.25) is 0 Å². The van der Waals surface area contributed by atoms with Crippen molar-refractivity contribution in [3.05, 3.63) is 48.0 Å². The lowest BCUT2D eigenvalue weighted by Gasteiger charge is -2.07. The van der Waals surface area contributed by atoms with Gasteiger partial charge in [-0.3, -0.25) is 0 Å². The Morgan fingerprint density at radius 2 is 1.92 bits per heavy atom. The number of aliphatic hydroxyl groups is 1. The van der Waals surface area contributed by atoms with E-state index in [9.17, 15) is 5.11 Å². The summed E-state index contributed by atoms with van der Waals surface area (Å²) in [5, 5.41) is 9.70. The van der Waals surface area contributed by atoms with Gasteiger partial charge in [0.1, 0.15) is 0 Å². The summed E-state index contributed by atoms with van der Waals surface area (Å²) in [4.78, 5) is 0. The zero-order valence-electron chi connectivity index (χ0n) is 7.98. The first-order chi connectivity index (χ1) is 6.34. The van der Waals surface area contributed by atoms with Gasteiger partial charge in [-0.25, -0.2) is 0 Å². The van der Waals surface area contributed by atoms with Gasteiger partial charge < -0.3 is 5.11 Å². The van der Waals surface area contributed by atoms with Crippen LogP contribution in [0.2, 0.25) is 0 Å². The van der Waals surface area contributed by atoms with Crippen molar-refractivity contribution in [2.75, 3.05) is 0 Å². The smallest absolute Gasteiger partial charge is 0.0824 e. The van der Waals surface area contributed by atoms with Crippen LogP contribution in [0.25, 0.3) is 0 Å². The Morgan fingerprint density at radius 3 is 2.54 bits per heavy atom. The molecule has 0 bridgehead atoms. The Kier molecular flexibility index (Phi) is 4.27. The maximum absolute atomic E-state index is 9.70. The van der Waals surface area contributed by atoms with E-state index in [2.05, 4.69) is 13.0 Å². The minimum atomic E-state index is -0.357. The van der Waals surface area contributed by atoms with Gasteiger partial charge in [-0.1, -0.05) is 49.4 Å². The molecule has 1 aromatic rings. The molecule has 13 heavy (non-hydrogen) atoms. The van der Waals surface area contributed by atoms with Crippen LogP contribution in [0.1, 0.15) is 31.4 Å². The van der Waals surface area contributed by atoms with Crippen LogP contribution in [0.4, 0.5) is 0 Å². The summed E-state index contributed by atoms with van der Waals surface area (Å²) in [7, 11) is 0. The average molecular weight is 176 g/mol. The van der Waals surface area contributed by atoms with Gasteiger partial charge in [-0.15, -0.1) is 0 Å². The molecule has 0 aliphatic carbocycles. The van der Waals surface area contributed by atoms with Crippen molar-refractivity contribution in [1.29, 1.82) is 0 Å². The third-order valence-electron chi connectivity index (χ3n) is 1.95. The molecular formula is C12H16O. The van der Waals surface area contributed by atoms with E-state index in [-0.39, 0.29) is 6.10 Å². The lowest BCUT2D eigenvalue weighted by molar-refractivity contribution is 0.181. The van der Waals surface area contributed by atoms with Crippen molar-refractivity contribution < 1.29 is 5.11 Å². The minimum absolute atomic E-state index is 0.357. The van der Waals surface area contributed by atoms with Gasteiger partial charge >= 0.3 is 0 Å². The molecule has 0 saturated carbocycles. The largest absolute Gasteiger partial charge is 0.388 e. The molecule has 0 aliphatic rings. The minimum Gasteiger partial charge on any atom is -0.388 e. The Bertz CT molecular complexity index is 251. The summed E-state index contributed by atoms with van der Waals surface area (Å²) in [5.41, 5.74) is 0.989. The number of hydrogen-bond acceptors (Lipinski definition) is 1. The molecule has 70 valence electrons. The molecule has 0 aromatic heterocycles. The quantitative estimate of drug-likeness (QED) is 0.699. The molecule has 0 saturated heterocycles. The SMILES string of the molecule is CC/C=C/C[C@H](O)c1ccccc1. The normalized spacial score (nSPS) is 13.4. The van der Waals surface area contributed by atoms with Crippen LogP contribution in [-0.4, -0.2) is 5.11 Å². The van der Waals surface area contributed by atoms with Crippen LogP contribution in [0.15, 0.2) is 42.5 Å². The molecule has 1 rings (SSSR count). The van der Waals surface area contributed by atoms with Crippen LogP contribution < -0.4 is 0 Å². The highest BCUT2D eigenvalue weighted by Gasteiger charge is 2.02. The van der Waals surface area contributed by atoms with E-state index in [1.807, 2.05) is 36.4 Å². The molecule has 1 nitrogen and oxygen atoms in total. The molecule has 0 unspecified atom stereocenters. The van der Waals surface area contributed by atoms with Crippen LogP contribution in [0.3, 0.4) is 0 Å². The Hall–Kier alpha value is -1.08. The predicted octanol–water partition coefficient (Wildman–Crippen LogP) is 3.08. The van der Waals surface area contributed by atoms with Crippen molar-refractivity contribution in [3.8, 4) is 0 Å². The molecule has 0 radical (unpaired) electrons. The van der Waals surface area contributed by atoms with Crippen molar-refractivity contribution in [2.45, 2.75) is 25.9 Å². The monoisotopic (exact) mass is 176 g/mol. The van der Waals surface area contributed by atoms with Gasteiger partial charge in [0.05, 0.1) is 6.10 Å². The van der Waals surface area contributed by atoms with Gasteiger partial charge in [0.15, 0.2) is 0 Å². The van der Waals surface area contributed by atoms with Crippen LogP contribution in [0, 0.1) is 0 Å². The molecule has 0 heterocycles. The molecule has 1 N–H and O–H groups in total. The third kappa shape index (κ3) is 3.43. The van der Waals surface area contributed by atoms with E-state index in [4.69, 9.17) is 0 Å². The number of allylic oxidation sites excluding steroid dienone is 1. The summed E-state index contributed by atoms with van der Waals surface area (Å²) in [6, 6.07) is 9.75. The van der Waals surface area contributed by atoms with Crippen LogP contribution >= 0.6 is 0 Å². The van der Waals surface area contributed by atoms with Crippen LogP contribution in [0.5, 0.6) is 0 Å². The third-order valence-corrected chi connectivity index (χ3v) is 1.95. The highest BCUT2D eigenvalue weighted by atomic mass is 16.3. The lowest BCUT2D eigenvalue weighted by Crippen LogP contribution is -1.94. The summed E-state index contributed by atoms with van der Waals surface area (Å²) in [6.07, 6.45) is 5.48. The van der Waals surface area contributed by atoms with Crippen molar-refractivity contribution in [2.24, 2.45) is 0 Å². The van der Waals surface area contributed by atoms with E-state index < -0.39 is 0 Å². The molecular weight excluding hydrogens is 160 g/mol. The second-order valence-corrected chi connectivity index (χ2v) is 3.04. The zero-order chi connectivity index (χ0) is 9.52. The van der Waals surface area contributed by atoms with E-state index in [1.165, 1.54) is 0 Å². The van der Waals surface area contributed by atoms with E-state index >= 15 is 0 Å². The van der Waals surface area contributed by atoms with E-state index in [1.54, 1.807) is 0 Å². The maximum atomic E-state index is 9.70. The number of benzene rings is 1. The van der Waals surface area contributed by atoms with Crippen LogP contribution in [-0.2, 0) is 0 Å². The molecule has 0 amide bonds. The summed E-state index contributed by atoms with van der Waals surface area (Å²) >= 11 is 0. The molecule has 1 aromatic carbocycles. The molecule has 0 aliphatic heterocycles. The fourth-order valence-corrected chi connectivity index (χ4v) is 1.20. The topological polar surface area (TPSA) is 20.2 Å². The summed E-state index contributed by atoms with van der Waals surface area (Å²) < 4.78 is 0. The Balaban J connectivity index is 2.49. The Morgan fingerprint density at radius 1 is 1.23 bits per heavy atom. The first-order valence-electron chi connectivity index (χ1n) is 4.72. The highest BCUT2D eigenvalue weighted by molar-refractivity contribution is 5.17. The number of rotatable bonds is 4. The molecule has 1 heteroatoms. The lowest BCUT2D eigenvalue weighted by atomic mass is 10.1. The first kappa shape index (κ1) is 10.0. The predicted molar refractivity (Wildman–Crippen MR) is 55.4 cm³/mol. The van der Waals surface area contributed by atoms with Crippen molar-refractivity contribution >= 4 is 0 Å². The highest BCUT2D eigenvalue weighted by Crippen LogP contribution is 2.15. The average Bonchev–Trinajstić information content (AvgIpc) is 2.19. The van der Waals surface area contributed by atoms with E-state index in [0.29, 0.717) is 6.42 Å². The van der Waals surface area contributed by atoms with Crippen molar-refractivity contribution in [1.82, 2.24) is 0 Å². The number of hydrogen-bond donors (Lipinski definition) is 1. The Labute approximate surface area is 79.7 Å². The second-order valence-electron chi connectivity index (χ2n) is 3.04. The van der Waals surface area contributed by atoms with Crippen molar-refractivity contribution in [3.63, 3.8) is 0 Å². The molecule has 1 atom stereocenters. The molecule has 0 spiro atoms. The maximum Gasteiger partial charge on any atom is 0.0824 e. The molecule has 0 fully saturated rings. The fourth-order valence-electron chi connectivity index (χ4n) is 1.20. The first-order valence-corrected chi connectivity index (χ1v) is 4.72. The van der Waals surface area contributed by atoms with Gasteiger partial charge in [-0.05, 0) is 18.4 Å². The van der Waals surface area contributed by atoms with Gasteiger partial charge in [-0.2, -0.15) is 0 Å². The van der Waals surface area contributed by atoms with Gasteiger partial charge in [0.25, 0.3) is 0 Å². The second kappa shape index (κ2) is 5.55. The van der Waals surface area contributed by atoms with Gasteiger partial charge in [0, 0.05) is 0 Å². The standard InChI is InChI=1S/C12H16O/c1-2-3-5-10-12(13)11-8-6-4-7-9-11/h3-9,12-13H,2,10H2,1H3/b5-3+/t12-/m0/s1. The zero-order valence-corrected chi connectivity index (χ0v) is 7.98. The number of aliphatic hydroxyl groups excluding tert-OH is 1. The summed E-state index contributed by atoms with van der Waals surface area (Å²) in [6.45, 7) is 2.09. The van der Waals surface area contributed by atoms with E-state index in [0.717, 1.165) is 12.0 Å².